The van der Waals surface area contributed by atoms with Gasteiger partial charge in [0.05, 0.1) is 7.11 Å². The van der Waals surface area contributed by atoms with Crippen molar-refractivity contribution in [3.8, 4) is 22.6 Å². The molecule has 0 fully saturated rings. The highest BCUT2D eigenvalue weighted by atomic mass is 16.5. The number of rotatable bonds is 2. The Morgan fingerprint density at radius 1 is 0.739 bits per heavy atom. The Labute approximate surface area is 140 Å². The van der Waals surface area contributed by atoms with Crippen molar-refractivity contribution in [3.05, 3.63) is 47.5 Å². The molecule has 2 aromatic rings. The molecule has 2 rings (SSSR count). The Hall–Kier alpha value is -1.96. The first kappa shape index (κ1) is 17.4. The van der Waals surface area contributed by atoms with Crippen molar-refractivity contribution >= 4 is 0 Å². The van der Waals surface area contributed by atoms with Crippen molar-refractivity contribution < 1.29 is 9.84 Å². The average Bonchev–Trinajstić information content (AvgIpc) is 2.44. The van der Waals surface area contributed by atoms with Crippen LogP contribution in [0.15, 0.2) is 36.4 Å². The van der Waals surface area contributed by atoms with E-state index in [0.717, 1.165) is 22.4 Å². The van der Waals surface area contributed by atoms with Crippen LogP contribution in [0.25, 0.3) is 11.1 Å². The molecule has 0 aromatic heterocycles. The lowest BCUT2D eigenvalue weighted by Crippen LogP contribution is -2.11. The molecular formula is C21H28O2. The number of phenols is 1. The van der Waals surface area contributed by atoms with Crippen LogP contribution in [0.4, 0.5) is 0 Å². The second-order valence-corrected chi connectivity index (χ2v) is 8.15. The highest BCUT2D eigenvalue weighted by Crippen LogP contribution is 2.40. The van der Waals surface area contributed by atoms with Gasteiger partial charge in [-0.15, -0.1) is 0 Å². The van der Waals surface area contributed by atoms with Crippen molar-refractivity contribution in [3.63, 3.8) is 0 Å². The lowest BCUT2D eigenvalue weighted by Gasteiger charge is -2.22. The fourth-order valence-corrected chi connectivity index (χ4v) is 2.61. The summed E-state index contributed by atoms with van der Waals surface area (Å²) in [7, 11) is 1.67. The van der Waals surface area contributed by atoms with E-state index in [-0.39, 0.29) is 10.8 Å². The molecule has 23 heavy (non-hydrogen) atoms. The maximum absolute atomic E-state index is 10.5. The second kappa shape index (κ2) is 5.92. The van der Waals surface area contributed by atoms with Crippen LogP contribution in [0.3, 0.4) is 0 Å². The molecule has 0 bridgehead atoms. The number of methoxy groups -OCH3 is 1. The Morgan fingerprint density at radius 2 is 1.22 bits per heavy atom. The minimum absolute atomic E-state index is 0.0101. The molecule has 2 heteroatoms. The van der Waals surface area contributed by atoms with Gasteiger partial charge in [0.25, 0.3) is 0 Å². The molecule has 0 saturated carbocycles. The third-order valence-electron chi connectivity index (χ3n) is 4.22. The second-order valence-electron chi connectivity index (χ2n) is 8.15. The first-order chi connectivity index (χ1) is 10.5. The Kier molecular flexibility index (Phi) is 4.48. The Morgan fingerprint density at radius 3 is 1.65 bits per heavy atom. The standard InChI is InChI=1S/C21H28O2/c1-20(2,3)14-8-10-16(18(22)12-14)17-11-9-15(21(4,5)6)13-19(17)23-7/h8-13,22H,1-7H3. The van der Waals surface area contributed by atoms with Crippen LogP contribution in [0.2, 0.25) is 0 Å². The van der Waals surface area contributed by atoms with E-state index in [1.54, 1.807) is 7.11 Å². The maximum Gasteiger partial charge on any atom is 0.127 e. The van der Waals surface area contributed by atoms with E-state index in [1.165, 1.54) is 5.56 Å². The summed E-state index contributed by atoms with van der Waals surface area (Å²) in [6, 6.07) is 12.1. The van der Waals surface area contributed by atoms with Crippen LogP contribution in [0, 0.1) is 0 Å². The van der Waals surface area contributed by atoms with E-state index in [0.29, 0.717) is 5.75 Å². The normalized spacial score (nSPS) is 12.3. The van der Waals surface area contributed by atoms with Gasteiger partial charge in [-0.1, -0.05) is 65.8 Å². The molecule has 0 spiro atoms. The zero-order valence-corrected chi connectivity index (χ0v) is 15.3. The number of phenolic OH excluding ortho intramolecular Hbond substituents is 1. The third kappa shape index (κ3) is 3.69. The van der Waals surface area contributed by atoms with Crippen molar-refractivity contribution in [1.82, 2.24) is 0 Å². The first-order valence-corrected chi connectivity index (χ1v) is 8.06. The summed E-state index contributed by atoms with van der Waals surface area (Å²) in [6.45, 7) is 12.9. The molecule has 0 amide bonds. The third-order valence-corrected chi connectivity index (χ3v) is 4.22. The molecule has 0 radical (unpaired) electrons. The lowest BCUT2D eigenvalue weighted by atomic mass is 9.84. The average molecular weight is 312 g/mol. The molecule has 0 unspecified atom stereocenters. The zero-order chi connectivity index (χ0) is 17.4. The van der Waals surface area contributed by atoms with Gasteiger partial charge in [-0.05, 0) is 34.1 Å². The number of benzene rings is 2. The van der Waals surface area contributed by atoms with E-state index in [2.05, 4.69) is 59.7 Å². The van der Waals surface area contributed by atoms with E-state index in [9.17, 15) is 5.11 Å². The van der Waals surface area contributed by atoms with Crippen LogP contribution in [-0.2, 0) is 10.8 Å². The molecule has 2 nitrogen and oxygen atoms in total. The number of hydrogen-bond acceptors (Lipinski definition) is 2. The Bertz CT molecular complexity index is 701. The zero-order valence-electron chi connectivity index (χ0n) is 15.3. The molecule has 0 saturated heterocycles. The van der Waals surface area contributed by atoms with Crippen LogP contribution >= 0.6 is 0 Å². The van der Waals surface area contributed by atoms with Crippen molar-refractivity contribution in [2.75, 3.05) is 7.11 Å². The van der Waals surface area contributed by atoms with Crippen LogP contribution in [0.5, 0.6) is 11.5 Å². The first-order valence-electron chi connectivity index (χ1n) is 8.06. The lowest BCUT2D eigenvalue weighted by molar-refractivity contribution is 0.413. The maximum atomic E-state index is 10.5. The van der Waals surface area contributed by atoms with E-state index >= 15 is 0 Å². The minimum atomic E-state index is 0.0101. The fraction of sp³-hybridized carbons (Fsp3) is 0.429. The summed E-state index contributed by atoms with van der Waals surface area (Å²) >= 11 is 0. The molecule has 0 aliphatic heterocycles. The highest BCUT2D eigenvalue weighted by Gasteiger charge is 2.19. The van der Waals surface area contributed by atoms with Gasteiger partial charge < -0.3 is 9.84 Å². The molecule has 0 heterocycles. The largest absolute Gasteiger partial charge is 0.507 e. The van der Waals surface area contributed by atoms with Gasteiger partial charge in [-0.3, -0.25) is 0 Å². The molecule has 1 N–H and O–H groups in total. The van der Waals surface area contributed by atoms with Gasteiger partial charge in [0.2, 0.25) is 0 Å². The summed E-state index contributed by atoms with van der Waals surface area (Å²) in [4.78, 5) is 0. The number of ether oxygens (including phenoxy) is 1. The monoisotopic (exact) mass is 312 g/mol. The quantitative estimate of drug-likeness (QED) is 0.775. The van der Waals surface area contributed by atoms with Crippen LogP contribution < -0.4 is 4.74 Å². The summed E-state index contributed by atoms with van der Waals surface area (Å²) in [5.41, 5.74) is 4.11. The van der Waals surface area contributed by atoms with Crippen molar-refractivity contribution in [1.29, 1.82) is 0 Å². The predicted molar refractivity (Wildman–Crippen MR) is 97.5 cm³/mol. The van der Waals surface area contributed by atoms with Crippen molar-refractivity contribution in [2.24, 2.45) is 0 Å². The van der Waals surface area contributed by atoms with Gasteiger partial charge in [0, 0.05) is 11.1 Å². The van der Waals surface area contributed by atoms with Gasteiger partial charge in [-0.25, -0.2) is 0 Å². The van der Waals surface area contributed by atoms with Gasteiger partial charge >= 0.3 is 0 Å². The number of hydrogen-bond donors (Lipinski definition) is 1. The molecule has 2 aromatic carbocycles. The molecule has 124 valence electrons. The molecule has 0 aliphatic rings. The predicted octanol–water partition coefficient (Wildman–Crippen LogP) is 5.66. The fourth-order valence-electron chi connectivity index (χ4n) is 2.61. The SMILES string of the molecule is COc1cc(C(C)(C)C)ccc1-c1ccc(C(C)(C)C)cc1O. The summed E-state index contributed by atoms with van der Waals surface area (Å²) in [5.74, 6) is 1.08. The summed E-state index contributed by atoms with van der Waals surface area (Å²) in [6.07, 6.45) is 0. The summed E-state index contributed by atoms with van der Waals surface area (Å²) < 4.78 is 5.58. The molecule has 0 atom stereocenters. The Balaban J connectivity index is 2.54. The van der Waals surface area contributed by atoms with E-state index < -0.39 is 0 Å². The molecule has 0 aliphatic carbocycles. The van der Waals surface area contributed by atoms with E-state index in [1.807, 2.05) is 18.2 Å². The van der Waals surface area contributed by atoms with Crippen LogP contribution in [0.1, 0.15) is 52.7 Å². The highest BCUT2D eigenvalue weighted by molar-refractivity contribution is 5.76. The van der Waals surface area contributed by atoms with E-state index in [4.69, 9.17) is 4.74 Å². The topological polar surface area (TPSA) is 29.5 Å². The van der Waals surface area contributed by atoms with Gasteiger partial charge in [0.15, 0.2) is 0 Å². The van der Waals surface area contributed by atoms with Crippen LogP contribution in [-0.4, -0.2) is 12.2 Å². The smallest absolute Gasteiger partial charge is 0.127 e. The van der Waals surface area contributed by atoms with Gasteiger partial charge in [0.1, 0.15) is 11.5 Å². The van der Waals surface area contributed by atoms with Gasteiger partial charge in [-0.2, -0.15) is 0 Å². The summed E-state index contributed by atoms with van der Waals surface area (Å²) in [5, 5.41) is 10.5. The number of aromatic hydroxyl groups is 1. The molecular weight excluding hydrogens is 284 g/mol. The minimum Gasteiger partial charge on any atom is -0.507 e. The van der Waals surface area contributed by atoms with Crippen molar-refractivity contribution in [2.45, 2.75) is 52.4 Å².